The van der Waals surface area contributed by atoms with Gasteiger partial charge in [-0.05, 0) is 54.4 Å². The van der Waals surface area contributed by atoms with Crippen molar-refractivity contribution in [2.24, 2.45) is 5.73 Å². The van der Waals surface area contributed by atoms with Gasteiger partial charge in [0.2, 0.25) is 0 Å². The summed E-state index contributed by atoms with van der Waals surface area (Å²) >= 11 is 0. The molecule has 0 aliphatic heterocycles. The van der Waals surface area contributed by atoms with Gasteiger partial charge in [0, 0.05) is 17.0 Å². The lowest BCUT2D eigenvalue weighted by Crippen LogP contribution is -2.68. The summed E-state index contributed by atoms with van der Waals surface area (Å²) in [5.41, 5.74) is 10.2. The first kappa shape index (κ1) is 20.2. The first-order valence-corrected chi connectivity index (χ1v) is 10.1. The summed E-state index contributed by atoms with van der Waals surface area (Å²) in [4.78, 5) is 12.6. The second-order valence-electron chi connectivity index (χ2n) is 8.68. The van der Waals surface area contributed by atoms with Crippen molar-refractivity contribution in [1.82, 2.24) is 5.32 Å². The maximum Gasteiger partial charge on any atom is 0.407 e. The van der Waals surface area contributed by atoms with Gasteiger partial charge in [0.15, 0.2) is 0 Å². The number of hydrogen-bond donors (Lipinski definition) is 3. The van der Waals surface area contributed by atoms with E-state index >= 15 is 0 Å². The first-order valence-electron chi connectivity index (χ1n) is 10.1. The Morgan fingerprint density at radius 3 is 2.14 bits per heavy atom. The Morgan fingerprint density at radius 1 is 1.03 bits per heavy atom. The molecular formula is C23H27ClN2O3. The van der Waals surface area contributed by atoms with E-state index in [0.717, 1.165) is 25.7 Å². The summed E-state index contributed by atoms with van der Waals surface area (Å²) in [6, 6.07) is 16.6. The molecule has 5 nitrogen and oxygen atoms in total. The highest BCUT2D eigenvalue weighted by Gasteiger charge is 2.53. The number of amides is 1. The molecule has 2 bridgehead atoms. The predicted molar refractivity (Wildman–Crippen MR) is 114 cm³/mol. The molecule has 6 rings (SSSR count). The van der Waals surface area contributed by atoms with Crippen molar-refractivity contribution >= 4 is 18.5 Å². The van der Waals surface area contributed by atoms with Gasteiger partial charge in [-0.15, -0.1) is 12.4 Å². The molecule has 0 heterocycles. The lowest BCUT2D eigenvalue weighted by molar-refractivity contribution is -0.0428. The normalized spacial score (nSPS) is 29.5. The van der Waals surface area contributed by atoms with E-state index in [4.69, 9.17) is 10.5 Å². The Balaban J connectivity index is 0.00000205. The van der Waals surface area contributed by atoms with Gasteiger partial charge < -0.3 is 20.9 Å². The highest BCUT2D eigenvalue weighted by Crippen LogP contribution is 2.46. The second-order valence-corrected chi connectivity index (χ2v) is 8.68. The van der Waals surface area contributed by atoms with E-state index in [1.165, 1.54) is 22.3 Å². The second kappa shape index (κ2) is 7.31. The summed E-state index contributed by atoms with van der Waals surface area (Å²) in [5.74, 6) is 0.0515. The van der Waals surface area contributed by atoms with Crippen LogP contribution in [0, 0.1) is 0 Å². The molecule has 6 heteroatoms. The molecule has 0 unspecified atom stereocenters. The van der Waals surface area contributed by atoms with Crippen LogP contribution in [0.5, 0.6) is 0 Å². The zero-order valence-corrected chi connectivity index (χ0v) is 17.1. The molecule has 29 heavy (non-hydrogen) atoms. The average Bonchev–Trinajstić information content (AvgIpc) is 3.02. The van der Waals surface area contributed by atoms with Gasteiger partial charge in [-0.3, -0.25) is 0 Å². The van der Waals surface area contributed by atoms with Crippen molar-refractivity contribution in [3.63, 3.8) is 0 Å². The number of fused-ring (bicyclic) bond motifs is 6. The van der Waals surface area contributed by atoms with Crippen molar-refractivity contribution in [3.8, 4) is 11.1 Å². The topological polar surface area (TPSA) is 84.6 Å². The quantitative estimate of drug-likeness (QED) is 0.714. The van der Waals surface area contributed by atoms with Crippen LogP contribution in [-0.4, -0.2) is 35.0 Å². The number of ether oxygens (including phenoxy) is 1. The number of benzene rings is 2. The lowest BCUT2D eigenvalue weighted by atomic mass is 9.60. The Bertz CT molecular complexity index is 878. The third-order valence-corrected chi connectivity index (χ3v) is 7.10. The van der Waals surface area contributed by atoms with Crippen molar-refractivity contribution in [2.75, 3.05) is 6.61 Å². The van der Waals surface area contributed by atoms with E-state index in [-0.39, 0.29) is 23.9 Å². The maximum atomic E-state index is 12.6. The Kier molecular flexibility index (Phi) is 5.09. The molecule has 4 aliphatic carbocycles. The van der Waals surface area contributed by atoms with Crippen molar-refractivity contribution in [1.29, 1.82) is 0 Å². The number of carbonyl (C=O) groups excluding carboxylic acids is 1. The summed E-state index contributed by atoms with van der Waals surface area (Å²) in [6.07, 6.45) is 2.60. The van der Waals surface area contributed by atoms with E-state index in [1.54, 1.807) is 0 Å². The number of hydrogen-bond acceptors (Lipinski definition) is 4. The highest BCUT2D eigenvalue weighted by molar-refractivity contribution is 5.85. The van der Waals surface area contributed by atoms with Gasteiger partial charge >= 0.3 is 6.09 Å². The Morgan fingerprint density at radius 2 is 1.59 bits per heavy atom. The van der Waals surface area contributed by atoms with Crippen LogP contribution in [0.4, 0.5) is 4.79 Å². The van der Waals surface area contributed by atoms with Gasteiger partial charge in [0.25, 0.3) is 0 Å². The molecular weight excluding hydrogens is 388 g/mol. The predicted octanol–water partition coefficient (Wildman–Crippen LogP) is 3.72. The lowest BCUT2D eigenvalue weighted by Gasteiger charge is -2.54. The minimum absolute atomic E-state index is 0. The van der Waals surface area contributed by atoms with Crippen molar-refractivity contribution < 1.29 is 14.6 Å². The van der Waals surface area contributed by atoms with Crippen molar-refractivity contribution in [2.45, 2.75) is 55.2 Å². The third kappa shape index (κ3) is 3.31. The standard InChI is InChI=1S/C23H26N2O3.ClH/c24-23-11-9-22(10-12-23,13-20(23)26)25-21(27)28-14-19-17-7-3-1-5-15(17)16-6-2-4-8-18(16)19;/h1-8,19-20,26H,9-14,24H2,(H,25,27);1H/t20-,22?,23?;/m1./s1. The van der Waals surface area contributed by atoms with E-state index in [0.29, 0.717) is 13.0 Å². The fourth-order valence-electron chi connectivity index (χ4n) is 5.33. The Labute approximate surface area is 177 Å². The average molecular weight is 415 g/mol. The summed E-state index contributed by atoms with van der Waals surface area (Å²) in [5, 5.41) is 13.4. The van der Waals surface area contributed by atoms with E-state index in [2.05, 4.69) is 29.6 Å². The maximum absolute atomic E-state index is 12.6. The SMILES string of the molecule is Cl.NC12CCC(NC(=O)OCC3c4ccccc4-c4ccccc43)(CC1)C[C@H]2O. The van der Waals surface area contributed by atoms with Gasteiger partial charge in [-0.2, -0.15) is 0 Å². The largest absolute Gasteiger partial charge is 0.449 e. The van der Waals surface area contributed by atoms with E-state index in [9.17, 15) is 9.90 Å². The molecule has 2 aromatic carbocycles. The fourth-order valence-corrected chi connectivity index (χ4v) is 5.33. The smallest absolute Gasteiger partial charge is 0.407 e. The first-order chi connectivity index (χ1) is 13.5. The number of carbonyl (C=O) groups is 1. The van der Waals surface area contributed by atoms with Crippen LogP contribution in [0.2, 0.25) is 0 Å². The molecule has 1 amide bonds. The third-order valence-electron chi connectivity index (χ3n) is 7.10. The zero-order valence-electron chi connectivity index (χ0n) is 16.3. The van der Waals surface area contributed by atoms with Crippen LogP contribution in [-0.2, 0) is 4.74 Å². The number of aliphatic hydroxyl groups is 1. The minimum Gasteiger partial charge on any atom is -0.449 e. The number of alkyl carbamates (subject to hydrolysis) is 1. The van der Waals surface area contributed by atoms with Gasteiger partial charge in [-0.1, -0.05) is 48.5 Å². The number of nitrogens with two attached hydrogens (primary N) is 1. The van der Waals surface area contributed by atoms with Gasteiger partial charge in [-0.25, -0.2) is 4.79 Å². The summed E-state index contributed by atoms with van der Waals surface area (Å²) in [7, 11) is 0. The number of aliphatic hydroxyl groups excluding tert-OH is 1. The van der Waals surface area contributed by atoms with E-state index in [1.807, 2.05) is 24.3 Å². The molecule has 154 valence electrons. The molecule has 0 saturated heterocycles. The molecule has 0 radical (unpaired) electrons. The van der Waals surface area contributed by atoms with Crippen LogP contribution in [0.1, 0.15) is 49.1 Å². The molecule has 0 aromatic heterocycles. The van der Waals surface area contributed by atoms with Crippen LogP contribution in [0.25, 0.3) is 11.1 Å². The molecule has 4 N–H and O–H groups in total. The van der Waals surface area contributed by atoms with Crippen LogP contribution in [0.15, 0.2) is 48.5 Å². The zero-order chi connectivity index (χ0) is 19.4. The fraction of sp³-hybridized carbons (Fsp3) is 0.435. The highest BCUT2D eigenvalue weighted by atomic mass is 35.5. The molecule has 3 saturated carbocycles. The number of nitrogens with one attached hydrogen (secondary N) is 1. The molecule has 4 aliphatic rings. The van der Waals surface area contributed by atoms with Crippen LogP contribution in [0.3, 0.4) is 0 Å². The monoisotopic (exact) mass is 414 g/mol. The summed E-state index contributed by atoms with van der Waals surface area (Å²) in [6.45, 7) is 0.305. The van der Waals surface area contributed by atoms with Crippen LogP contribution >= 0.6 is 12.4 Å². The number of rotatable bonds is 3. The number of halogens is 1. The molecule has 3 fully saturated rings. The molecule has 1 atom stereocenters. The van der Waals surface area contributed by atoms with Gasteiger partial charge in [0.05, 0.1) is 6.10 Å². The van der Waals surface area contributed by atoms with Crippen LogP contribution < -0.4 is 11.1 Å². The van der Waals surface area contributed by atoms with Gasteiger partial charge in [0.1, 0.15) is 6.61 Å². The minimum atomic E-state index is -0.566. The van der Waals surface area contributed by atoms with Crippen molar-refractivity contribution in [3.05, 3.63) is 59.7 Å². The van der Waals surface area contributed by atoms with E-state index < -0.39 is 17.7 Å². The molecule has 0 spiro atoms. The summed E-state index contributed by atoms with van der Waals surface area (Å²) < 4.78 is 5.68. The Hall–Kier alpha value is -2.08. The molecule has 2 aromatic rings.